The highest BCUT2D eigenvalue weighted by Gasteiger charge is 1.96. The van der Waals surface area contributed by atoms with E-state index in [2.05, 4.69) is 6.92 Å². The van der Waals surface area contributed by atoms with Gasteiger partial charge in [0.25, 0.3) is 0 Å². The van der Waals surface area contributed by atoms with Crippen molar-refractivity contribution >= 4 is 5.97 Å². The van der Waals surface area contributed by atoms with Crippen LogP contribution in [0.4, 0.5) is 0 Å². The number of hydrogen-bond acceptors (Lipinski definition) is 4. The summed E-state index contributed by atoms with van der Waals surface area (Å²) in [4.78, 5) is 11.3. The number of nitrogens with two attached hydrogens (primary N) is 1. The van der Waals surface area contributed by atoms with Crippen LogP contribution in [0.2, 0.25) is 0 Å². The first kappa shape index (κ1) is 19.1. The molecule has 0 aliphatic rings. The van der Waals surface area contributed by atoms with E-state index >= 15 is 0 Å². The summed E-state index contributed by atoms with van der Waals surface area (Å²) in [6, 6.07) is 0. The molecule has 0 aliphatic carbocycles. The van der Waals surface area contributed by atoms with Gasteiger partial charge in [0.05, 0.1) is 13.2 Å². The Labute approximate surface area is 123 Å². The van der Waals surface area contributed by atoms with Crippen LogP contribution in [0, 0.1) is 0 Å². The molecule has 0 aromatic rings. The largest absolute Gasteiger partial charge is 0.460 e. The zero-order valence-corrected chi connectivity index (χ0v) is 12.9. The third-order valence-electron chi connectivity index (χ3n) is 2.96. The highest BCUT2D eigenvalue weighted by molar-refractivity contribution is 5.81. The molecule has 0 spiro atoms. The monoisotopic (exact) mass is 285 g/mol. The van der Waals surface area contributed by atoms with E-state index in [1.807, 2.05) is 6.08 Å². The van der Waals surface area contributed by atoms with Gasteiger partial charge in [0.15, 0.2) is 0 Å². The Bertz CT molecular complexity index is 242. The van der Waals surface area contributed by atoms with Crippen LogP contribution in [0.15, 0.2) is 12.2 Å². The third kappa shape index (κ3) is 15.2. The fourth-order valence-electron chi connectivity index (χ4n) is 1.83. The van der Waals surface area contributed by atoms with Crippen molar-refractivity contribution in [1.29, 1.82) is 0 Å². The second-order valence-corrected chi connectivity index (χ2v) is 4.88. The lowest BCUT2D eigenvalue weighted by atomic mass is 10.1. The fraction of sp³-hybridized carbons (Fsp3) is 0.812. The summed E-state index contributed by atoms with van der Waals surface area (Å²) in [6.45, 7) is 3.93. The van der Waals surface area contributed by atoms with E-state index in [0.29, 0.717) is 26.4 Å². The molecule has 0 heterocycles. The lowest BCUT2D eigenvalue weighted by Crippen LogP contribution is -2.13. The van der Waals surface area contributed by atoms with Crippen LogP contribution in [-0.2, 0) is 14.3 Å². The molecule has 0 bridgehead atoms. The molecule has 0 saturated carbocycles. The minimum absolute atomic E-state index is 0.288. The molecular weight excluding hydrogens is 254 g/mol. The molecule has 4 nitrogen and oxygen atoms in total. The van der Waals surface area contributed by atoms with Gasteiger partial charge < -0.3 is 15.2 Å². The Morgan fingerprint density at radius 3 is 2.40 bits per heavy atom. The maximum atomic E-state index is 11.3. The third-order valence-corrected chi connectivity index (χ3v) is 2.96. The molecule has 4 heteroatoms. The van der Waals surface area contributed by atoms with Crippen LogP contribution in [-0.4, -0.2) is 32.3 Å². The number of ether oxygens (including phenoxy) is 2. The molecule has 0 amide bonds. The first-order chi connectivity index (χ1) is 9.81. The van der Waals surface area contributed by atoms with Gasteiger partial charge in [0.2, 0.25) is 0 Å². The van der Waals surface area contributed by atoms with E-state index in [1.54, 1.807) is 0 Å². The number of carbonyl (C=O) groups excluding carboxylic acids is 1. The number of esters is 1. The predicted octanol–water partition coefficient (Wildman–Crippen LogP) is 3.20. The average Bonchev–Trinajstić information content (AvgIpc) is 2.45. The van der Waals surface area contributed by atoms with Gasteiger partial charge in [-0.05, 0) is 12.8 Å². The molecule has 0 radical (unpaired) electrons. The van der Waals surface area contributed by atoms with Crippen molar-refractivity contribution < 1.29 is 14.3 Å². The second-order valence-electron chi connectivity index (χ2n) is 4.88. The zero-order chi connectivity index (χ0) is 14.9. The summed E-state index contributed by atoms with van der Waals surface area (Å²) in [6.07, 6.45) is 13.4. The highest BCUT2D eigenvalue weighted by atomic mass is 16.6. The molecule has 0 aromatic heterocycles. The van der Waals surface area contributed by atoms with Crippen LogP contribution >= 0.6 is 0 Å². The summed E-state index contributed by atoms with van der Waals surface area (Å²) in [5.41, 5.74) is 5.27. The van der Waals surface area contributed by atoms with E-state index in [1.165, 1.54) is 44.6 Å². The molecule has 0 aliphatic heterocycles. The minimum Gasteiger partial charge on any atom is -0.460 e. The van der Waals surface area contributed by atoms with Crippen molar-refractivity contribution in [3.05, 3.63) is 12.2 Å². The van der Waals surface area contributed by atoms with E-state index in [4.69, 9.17) is 15.2 Å². The topological polar surface area (TPSA) is 61.5 Å². The fourth-order valence-corrected chi connectivity index (χ4v) is 1.83. The number of allylic oxidation sites excluding steroid dienone is 1. The summed E-state index contributed by atoms with van der Waals surface area (Å²) in [7, 11) is 0. The van der Waals surface area contributed by atoms with Crippen LogP contribution in [0.25, 0.3) is 0 Å². The van der Waals surface area contributed by atoms with Crippen molar-refractivity contribution in [1.82, 2.24) is 0 Å². The molecule has 0 saturated heterocycles. The summed E-state index contributed by atoms with van der Waals surface area (Å²) in [5.74, 6) is -0.288. The van der Waals surface area contributed by atoms with E-state index < -0.39 is 0 Å². The molecule has 0 rings (SSSR count). The van der Waals surface area contributed by atoms with Crippen molar-refractivity contribution in [2.45, 2.75) is 58.3 Å². The average molecular weight is 285 g/mol. The Hall–Kier alpha value is -0.870. The molecule has 0 unspecified atom stereocenters. The van der Waals surface area contributed by atoms with Crippen molar-refractivity contribution in [3.63, 3.8) is 0 Å². The molecule has 118 valence electrons. The zero-order valence-electron chi connectivity index (χ0n) is 12.9. The smallest absolute Gasteiger partial charge is 0.330 e. The first-order valence-electron chi connectivity index (χ1n) is 7.92. The van der Waals surface area contributed by atoms with Gasteiger partial charge in [-0.3, -0.25) is 0 Å². The Morgan fingerprint density at radius 1 is 1.00 bits per heavy atom. The van der Waals surface area contributed by atoms with Gasteiger partial charge in [-0.15, -0.1) is 0 Å². The number of rotatable bonds is 14. The first-order valence-corrected chi connectivity index (χ1v) is 7.92. The molecule has 0 aromatic carbocycles. The number of hydrogen-bond donors (Lipinski definition) is 1. The summed E-state index contributed by atoms with van der Waals surface area (Å²) < 4.78 is 10.1. The van der Waals surface area contributed by atoms with Crippen molar-refractivity contribution in [3.8, 4) is 0 Å². The van der Waals surface area contributed by atoms with E-state index in [0.717, 1.165) is 12.8 Å². The lowest BCUT2D eigenvalue weighted by Gasteiger charge is -2.02. The van der Waals surface area contributed by atoms with Crippen molar-refractivity contribution in [2.75, 3.05) is 26.4 Å². The standard InChI is InChI=1S/C16H31NO3/c1-2-3-4-5-6-7-8-9-10-11-16(18)20-15-14-19-13-12-17/h10-11H,2-9,12-15,17H2,1H3. The molecule has 0 fully saturated rings. The quantitative estimate of drug-likeness (QED) is 0.302. The second kappa shape index (κ2) is 16.2. The Morgan fingerprint density at radius 2 is 1.70 bits per heavy atom. The maximum absolute atomic E-state index is 11.3. The minimum atomic E-state index is -0.288. The maximum Gasteiger partial charge on any atom is 0.330 e. The SMILES string of the molecule is CCCCCCCCCC=CC(=O)OCCOCCN. The van der Waals surface area contributed by atoms with Crippen LogP contribution < -0.4 is 5.73 Å². The Balaban J connectivity index is 3.26. The normalized spacial score (nSPS) is 11.1. The summed E-state index contributed by atoms with van der Waals surface area (Å²) in [5, 5.41) is 0. The van der Waals surface area contributed by atoms with Gasteiger partial charge in [-0.1, -0.05) is 51.5 Å². The summed E-state index contributed by atoms with van der Waals surface area (Å²) >= 11 is 0. The van der Waals surface area contributed by atoms with Crippen LogP contribution in [0.1, 0.15) is 58.3 Å². The highest BCUT2D eigenvalue weighted by Crippen LogP contribution is 2.08. The van der Waals surface area contributed by atoms with Gasteiger partial charge in [-0.2, -0.15) is 0 Å². The molecule has 20 heavy (non-hydrogen) atoms. The van der Waals surface area contributed by atoms with Crippen molar-refractivity contribution in [2.24, 2.45) is 5.73 Å². The van der Waals surface area contributed by atoms with Crippen LogP contribution in [0.3, 0.4) is 0 Å². The van der Waals surface area contributed by atoms with Gasteiger partial charge in [0, 0.05) is 12.6 Å². The van der Waals surface area contributed by atoms with E-state index in [9.17, 15) is 4.79 Å². The molecule has 2 N–H and O–H groups in total. The molecular formula is C16H31NO3. The molecule has 0 atom stereocenters. The lowest BCUT2D eigenvalue weighted by molar-refractivity contribution is -0.139. The number of unbranched alkanes of at least 4 members (excludes halogenated alkanes) is 7. The Kier molecular flexibility index (Phi) is 15.5. The van der Waals surface area contributed by atoms with Crippen LogP contribution in [0.5, 0.6) is 0 Å². The van der Waals surface area contributed by atoms with Gasteiger partial charge in [-0.25, -0.2) is 4.79 Å². The number of carbonyl (C=O) groups is 1. The van der Waals surface area contributed by atoms with E-state index in [-0.39, 0.29) is 5.97 Å². The predicted molar refractivity (Wildman–Crippen MR) is 82.6 cm³/mol. The van der Waals surface area contributed by atoms with Gasteiger partial charge >= 0.3 is 5.97 Å². The van der Waals surface area contributed by atoms with Gasteiger partial charge in [0.1, 0.15) is 6.61 Å².